The van der Waals surface area contributed by atoms with Crippen molar-refractivity contribution in [3.05, 3.63) is 34.1 Å². The zero-order chi connectivity index (χ0) is 13.0. The molecule has 1 aliphatic rings. The van der Waals surface area contributed by atoms with E-state index in [1.54, 1.807) is 6.07 Å². The van der Waals surface area contributed by atoms with Crippen LogP contribution in [0.15, 0.2) is 22.7 Å². The summed E-state index contributed by atoms with van der Waals surface area (Å²) in [6, 6.07) is 6.76. The zero-order valence-electron chi connectivity index (χ0n) is 10.1. The highest BCUT2D eigenvalue weighted by molar-refractivity contribution is 9.10. The van der Waals surface area contributed by atoms with Crippen molar-refractivity contribution in [3.63, 3.8) is 0 Å². The van der Waals surface area contributed by atoms with E-state index in [-0.39, 0.29) is 11.9 Å². The topological polar surface area (TPSA) is 35.8 Å². The lowest BCUT2D eigenvalue weighted by molar-refractivity contribution is 0.359. The molecule has 18 heavy (non-hydrogen) atoms. The van der Waals surface area contributed by atoms with Gasteiger partial charge < -0.3 is 0 Å². The Kier molecular flexibility index (Phi) is 4.73. The van der Waals surface area contributed by atoms with Crippen LogP contribution in [0.4, 0.5) is 4.39 Å². The van der Waals surface area contributed by atoms with E-state index in [2.05, 4.69) is 27.3 Å². The Balaban J connectivity index is 2.10. The molecule has 4 heteroatoms. The average Bonchev–Trinajstić information content (AvgIpc) is 2.38. The van der Waals surface area contributed by atoms with E-state index < -0.39 is 0 Å². The van der Waals surface area contributed by atoms with E-state index in [1.165, 1.54) is 31.4 Å². The fraction of sp³-hybridized carbons (Fsp3) is 0.500. The summed E-state index contributed by atoms with van der Waals surface area (Å²) in [7, 11) is 0. The van der Waals surface area contributed by atoms with Crippen LogP contribution in [0.5, 0.6) is 0 Å². The van der Waals surface area contributed by atoms with Crippen LogP contribution in [0.2, 0.25) is 0 Å². The molecule has 1 fully saturated rings. The van der Waals surface area contributed by atoms with Crippen LogP contribution < -0.4 is 5.32 Å². The predicted molar refractivity (Wildman–Crippen MR) is 72.5 cm³/mol. The van der Waals surface area contributed by atoms with E-state index in [0.717, 1.165) is 18.4 Å². The molecular formula is C14H16BrFN2. The molecule has 1 unspecified atom stereocenters. The molecule has 0 amide bonds. The molecule has 0 heterocycles. The van der Waals surface area contributed by atoms with Gasteiger partial charge in [-0.3, -0.25) is 5.32 Å². The third-order valence-electron chi connectivity index (χ3n) is 3.41. The zero-order valence-corrected chi connectivity index (χ0v) is 11.7. The number of benzene rings is 1. The predicted octanol–water partition coefficient (Wildman–Crippen LogP) is 4.08. The molecular weight excluding hydrogens is 295 g/mol. The molecule has 1 saturated carbocycles. The van der Waals surface area contributed by atoms with Crippen molar-refractivity contribution in [1.29, 1.82) is 5.26 Å². The van der Waals surface area contributed by atoms with E-state index in [0.29, 0.717) is 10.5 Å². The van der Waals surface area contributed by atoms with Crippen LogP contribution in [0, 0.1) is 17.1 Å². The van der Waals surface area contributed by atoms with Crippen LogP contribution in [-0.2, 0) is 0 Å². The lowest BCUT2D eigenvalue weighted by atomic mass is 9.94. The minimum Gasteiger partial charge on any atom is -0.295 e. The smallest absolute Gasteiger partial charge is 0.124 e. The quantitative estimate of drug-likeness (QED) is 0.913. The Labute approximate surface area is 115 Å². The summed E-state index contributed by atoms with van der Waals surface area (Å²) < 4.78 is 13.7. The number of halogens is 2. The van der Waals surface area contributed by atoms with Crippen molar-refractivity contribution in [1.82, 2.24) is 5.32 Å². The summed E-state index contributed by atoms with van der Waals surface area (Å²) in [5.41, 5.74) is 0.810. The fourth-order valence-corrected chi connectivity index (χ4v) is 3.02. The van der Waals surface area contributed by atoms with Gasteiger partial charge in [-0.2, -0.15) is 5.26 Å². The van der Waals surface area contributed by atoms with Gasteiger partial charge in [-0.05, 0) is 30.5 Å². The Bertz CT molecular complexity index is 450. The van der Waals surface area contributed by atoms with Gasteiger partial charge in [0.25, 0.3) is 0 Å². The molecule has 0 bridgehead atoms. The molecule has 0 spiro atoms. The molecule has 1 atom stereocenters. The lowest BCUT2D eigenvalue weighted by Crippen LogP contribution is -2.34. The Morgan fingerprint density at radius 1 is 1.33 bits per heavy atom. The molecule has 1 N–H and O–H groups in total. The number of nitriles is 1. The third-order valence-corrected chi connectivity index (χ3v) is 4.10. The molecule has 0 aliphatic heterocycles. The molecule has 2 nitrogen and oxygen atoms in total. The summed E-state index contributed by atoms with van der Waals surface area (Å²) >= 11 is 3.32. The molecule has 2 rings (SSSR count). The largest absolute Gasteiger partial charge is 0.295 e. The van der Waals surface area contributed by atoms with Crippen molar-refractivity contribution >= 4 is 15.9 Å². The second-order valence-corrected chi connectivity index (χ2v) is 5.58. The standard InChI is InChI=1S/C14H16BrFN2/c15-13-8-10(16)6-7-12(13)14(9-17)18-11-4-2-1-3-5-11/h6-8,11,14,18H,1-5H2. The first-order valence-electron chi connectivity index (χ1n) is 6.31. The summed E-state index contributed by atoms with van der Waals surface area (Å²) in [5.74, 6) is -0.292. The van der Waals surface area contributed by atoms with Gasteiger partial charge in [0.15, 0.2) is 0 Å². The lowest BCUT2D eigenvalue weighted by Gasteiger charge is -2.26. The highest BCUT2D eigenvalue weighted by Gasteiger charge is 2.20. The van der Waals surface area contributed by atoms with Crippen LogP contribution in [0.3, 0.4) is 0 Å². The van der Waals surface area contributed by atoms with E-state index in [1.807, 2.05) is 0 Å². The summed E-state index contributed by atoms with van der Waals surface area (Å²) in [6.45, 7) is 0. The number of hydrogen-bond donors (Lipinski definition) is 1. The first kappa shape index (κ1) is 13.5. The third kappa shape index (κ3) is 3.30. The molecule has 1 aromatic carbocycles. The number of nitrogens with zero attached hydrogens (tertiary/aromatic N) is 1. The molecule has 0 saturated heterocycles. The summed E-state index contributed by atoms with van der Waals surface area (Å²) in [5, 5.41) is 12.6. The van der Waals surface area contributed by atoms with Gasteiger partial charge >= 0.3 is 0 Å². The fourth-order valence-electron chi connectivity index (χ4n) is 2.44. The highest BCUT2D eigenvalue weighted by atomic mass is 79.9. The second-order valence-electron chi connectivity index (χ2n) is 4.73. The Hall–Kier alpha value is -0.920. The van der Waals surface area contributed by atoms with Crippen molar-refractivity contribution in [3.8, 4) is 6.07 Å². The normalized spacial score (nSPS) is 18.3. The molecule has 1 aromatic rings. The molecule has 0 aromatic heterocycles. The van der Waals surface area contributed by atoms with Crippen molar-refractivity contribution in [2.24, 2.45) is 0 Å². The molecule has 1 aliphatic carbocycles. The number of rotatable bonds is 3. The average molecular weight is 311 g/mol. The van der Waals surface area contributed by atoms with E-state index in [4.69, 9.17) is 0 Å². The van der Waals surface area contributed by atoms with E-state index in [9.17, 15) is 9.65 Å². The van der Waals surface area contributed by atoms with Crippen LogP contribution >= 0.6 is 15.9 Å². The SMILES string of the molecule is N#CC(NC1CCCCC1)c1ccc(F)cc1Br. The van der Waals surface area contributed by atoms with Crippen LogP contribution in [-0.4, -0.2) is 6.04 Å². The van der Waals surface area contributed by atoms with Gasteiger partial charge in [0.05, 0.1) is 6.07 Å². The minimum absolute atomic E-state index is 0.292. The van der Waals surface area contributed by atoms with Gasteiger partial charge in [0, 0.05) is 10.5 Å². The summed E-state index contributed by atoms with van der Waals surface area (Å²) in [6.07, 6.45) is 5.98. The van der Waals surface area contributed by atoms with Crippen LogP contribution in [0.1, 0.15) is 43.7 Å². The summed E-state index contributed by atoms with van der Waals surface area (Å²) in [4.78, 5) is 0. The highest BCUT2D eigenvalue weighted by Crippen LogP contribution is 2.26. The minimum atomic E-state index is -0.372. The van der Waals surface area contributed by atoms with Gasteiger partial charge in [-0.15, -0.1) is 0 Å². The van der Waals surface area contributed by atoms with Gasteiger partial charge in [0.1, 0.15) is 11.9 Å². The Morgan fingerprint density at radius 2 is 2.06 bits per heavy atom. The van der Waals surface area contributed by atoms with Crippen molar-refractivity contribution < 1.29 is 4.39 Å². The first-order valence-corrected chi connectivity index (χ1v) is 7.10. The van der Waals surface area contributed by atoms with Crippen molar-refractivity contribution in [2.45, 2.75) is 44.2 Å². The van der Waals surface area contributed by atoms with Crippen LogP contribution in [0.25, 0.3) is 0 Å². The second kappa shape index (κ2) is 6.31. The molecule has 0 radical (unpaired) electrons. The van der Waals surface area contributed by atoms with Gasteiger partial charge in [0.2, 0.25) is 0 Å². The maximum absolute atomic E-state index is 13.0. The number of hydrogen-bond acceptors (Lipinski definition) is 2. The maximum atomic E-state index is 13.0. The molecule has 96 valence electrons. The Morgan fingerprint density at radius 3 is 2.67 bits per heavy atom. The first-order chi connectivity index (χ1) is 8.70. The monoisotopic (exact) mass is 310 g/mol. The van der Waals surface area contributed by atoms with Crippen molar-refractivity contribution in [2.75, 3.05) is 0 Å². The number of nitrogens with one attached hydrogen (secondary N) is 1. The van der Waals surface area contributed by atoms with E-state index >= 15 is 0 Å². The maximum Gasteiger partial charge on any atom is 0.124 e. The van der Waals surface area contributed by atoms with Gasteiger partial charge in [-0.1, -0.05) is 41.3 Å². The van der Waals surface area contributed by atoms with Gasteiger partial charge in [-0.25, -0.2) is 4.39 Å².